The molecule has 0 bridgehead atoms. The number of aromatic nitrogens is 1. The van der Waals surface area contributed by atoms with Gasteiger partial charge in [0.05, 0.1) is 10.9 Å². The van der Waals surface area contributed by atoms with E-state index in [4.69, 9.17) is 4.52 Å². The molecule has 1 unspecified atom stereocenters. The minimum absolute atomic E-state index is 0.244. The zero-order valence-electron chi connectivity index (χ0n) is 11.9. The fraction of sp³-hybridized carbons (Fsp3) is 0.615. The van der Waals surface area contributed by atoms with Gasteiger partial charge >= 0.3 is 6.03 Å². The van der Waals surface area contributed by atoms with Gasteiger partial charge in [-0.05, 0) is 33.6 Å². The molecule has 0 aliphatic heterocycles. The summed E-state index contributed by atoms with van der Waals surface area (Å²) in [6.45, 7) is 5.51. The first-order valence-corrected chi connectivity index (χ1v) is 7.67. The van der Waals surface area contributed by atoms with E-state index in [0.29, 0.717) is 5.75 Å². The van der Waals surface area contributed by atoms with Crippen LogP contribution in [0.4, 0.5) is 4.79 Å². The number of aryl methyl sites for hydroxylation is 2. The molecule has 20 heavy (non-hydrogen) atoms. The number of urea groups is 1. The van der Waals surface area contributed by atoms with Crippen LogP contribution in [0.2, 0.25) is 0 Å². The Morgan fingerprint density at radius 2 is 2.15 bits per heavy atom. The van der Waals surface area contributed by atoms with Crippen LogP contribution in [0.15, 0.2) is 4.52 Å². The Bertz CT molecular complexity index is 491. The quantitative estimate of drug-likeness (QED) is 0.867. The predicted molar refractivity (Wildman–Crippen MR) is 76.4 cm³/mol. The van der Waals surface area contributed by atoms with Crippen molar-refractivity contribution < 1.29 is 14.1 Å². The van der Waals surface area contributed by atoms with E-state index in [1.807, 2.05) is 13.8 Å². The summed E-state index contributed by atoms with van der Waals surface area (Å²) in [5, 5.41) is 8.65. The highest BCUT2D eigenvalue weighted by molar-refractivity contribution is 7.99. The summed E-state index contributed by atoms with van der Waals surface area (Å²) in [5.74, 6) is 1.13. The van der Waals surface area contributed by atoms with Gasteiger partial charge in [0.25, 0.3) is 0 Å². The van der Waals surface area contributed by atoms with Crippen molar-refractivity contribution in [3.63, 3.8) is 0 Å². The van der Waals surface area contributed by atoms with Gasteiger partial charge in [0.15, 0.2) is 0 Å². The van der Waals surface area contributed by atoms with E-state index in [1.165, 1.54) is 11.8 Å². The topological polar surface area (TPSA) is 84.2 Å². The van der Waals surface area contributed by atoms with E-state index in [-0.39, 0.29) is 17.2 Å². The molecule has 1 atom stereocenters. The van der Waals surface area contributed by atoms with Crippen molar-refractivity contribution in [3.05, 3.63) is 17.0 Å². The van der Waals surface area contributed by atoms with Crippen molar-refractivity contribution in [2.24, 2.45) is 0 Å². The van der Waals surface area contributed by atoms with E-state index < -0.39 is 6.03 Å². The van der Waals surface area contributed by atoms with Crippen LogP contribution in [-0.4, -0.2) is 28.4 Å². The van der Waals surface area contributed by atoms with Crippen LogP contribution in [-0.2, 0) is 10.5 Å². The normalized spacial score (nSPS) is 15.8. The van der Waals surface area contributed by atoms with Gasteiger partial charge in [-0.25, -0.2) is 4.79 Å². The highest BCUT2D eigenvalue weighted by Gasteiger charge is 2.25. The summed E-state index contributed by atoms with van der Waals surface area (Å²) in [6.07, 6.45) is 2.00. The lowest BCUT2D eigenvalue weighted by atomic mass is 10.2. The molecule has 0 spiro atoms. The van der Waals surface area contributed by atoms with Gasteiger partial charge in [-0.3, -0.25) is 10.1 Å². The second-order valence-corrected chi connectivity index (χ2v) is 6.32. The summed E-state index contributed by atoms with van der Waals surface area (Å²) in [7, 11) is 0. The first kappa shape index (κ1) is 14.9. The SMILES string of the molecule is Cc1noc(C)c1CSC(C)C(=O)NC(=O)NC1CC1. The first-order valence-electron chi connectivity index (χ1n) is 6.62. The van der Waals surface area contributed by atoms with Gasteiger partial charge in [0, 0.05) is 17.4 Å². The summed E-state index contributed by atoms with van der Waals surface area (Å²) < 4.78 is 5.08. The Hall–Kier alpha value is -1.50. The zero-order chi connectivity index (χ0) is 14.7. The molecule has 1 aliphatic rings. The fourth-order valence-corrected chi connectivity index (χ4v) is 2.69. The van der Waals surface area contributed by atoms with Crippen LogP contribution in [0.25, 0.3) is 0 Å². The van der Waals surface area contributed by atoms with Gasteiger partial charge in [-0.1, -0.05) is 5.16 Å². The van der Waals surface area contributed by atoms with Crippen LogP contribution in [0, 0.1) is 13.8 Å². The fourth-order valence-electron chi connectivity index (χ4n) is 1.65. The number of rotatable bonds is 5. The first-order chi connectivity index (χ1) is 9.47. The van der Waals surface area contributed by atoms with E-state index in [0.717, 1.165) is 29.9 Å². The van der Waals surface area contributed by atoms with Gasteiger partial charge < -0.3 is 9.84 Å². The third-order valence-electron chi connectivity index (χ3n) is 3.18. The molecule has 3 amide bonds. The average molecular weight is 297 g/mol. The molecule has 2 N–H and O–H groups in total. The summed E-state index contributed by atoms with van der Waals surface area (Å²) >= 11 is 1.46. The number of hydrogen-bond acceptors (Lipinski definition) is 5. The van der Waals surface area contributed by atoms with Crippen LogP contribution in [0.5, 0.6) is 0 Å². The summed E-state index contributed by atoms with van der Waals surface area (Å²) in [6, 6.07) is -0.157. The molecule has 1 aliphatic carbocycles. The highest BCUT2D eigenvalue weighted by Crippen LogP contribution is 2.23. The number of carbonyl (C=O) groups excluding carboxylic acids is 2. The van der Waals surface area contributed by atoms with E-state index in [9.17, 15) is 9.59 Å². The van der Waals surface area contributed by atoms with Gasteiger partial charge in [-0.2, -0.15) is 0 Å². The third kappa shape index (κ3) is 4.00. The number of nitrogens with one attached hydrogen (secondary N) is 2. The number of amides is 3. The lowest BCUT2D eigenvalue weighted by molar-refractivity contribution is -0.119. The maximum Gasteiger partial charge on any atom is 0.321 e. The molecule has 110 valence electrons. The molecule has 1 aromatic heterocycles. The number of thioether (sulfide) groups is 1. The smallest absolute Gasteiger partial charge is 0.321 e. The van der Waals surface area contributed by atoms with Gasteiger partial charge in [0.2, 0.25) is 5.91 Å². The minimum Gasteiger partial charge on any atom is -0.361 e. The highest BCUT2D eigenvalue weighted by atomic mass is 32.2. The summed E-state index contributed by atoms with van der Waals surface area (Å²) in [4.78, 5) is 23.3. The van der Waals surface area contributed by atoms with Crippen molar-refractivity contribution in [2.45, 2.75) is 50.7 Å². The molecular formula is C13H19N3O3S. The molecule has 6 nitrogen and oxygen atoms in total. The number of imide groups is 1. The number of nitrogens with zero attached hydrogens (tertiary/aromatic N) is 1. The third-order valence-corrected chi connectivity index (χ3v) is 4.35. The molecule has 0 radical (unpaired) electrons. The number of hydrogen-bond donors (Lipinski definition) is 2. The molecule has 1 saturated carbocycles. The van der Waals surface area contributed by atoms with E-state index in [2.05, 4.69) is 15.8 Å². The van der Waals surface area contributed by atoms with Crippen molar-refractivity contribution in [1.82, 2.24) is 15.8 Å². The second-order valence-electron chi connectivity index (χ2n) is 4.99. The molecule has 7 heteroatoms. The Kier molecular flexibility index (Phi) is 4.69. The molecule has 1 heterocycles. The Morgan fingerprint density at radius 1 is 1.45 bits per heavy atom. The molecule has 0 saturated heterocycles. The molecule has 1 aromatic rings. The average Bonchev–Trinajstić information content (AvgIpc) is 3.13. The van der Waals surface area contributed by atoms with Crippen molar-refractivity contribution >= 4 is 23.7 Å². The van der Waals surface area contributed by atoms with E-state index >= 15 is 0 Å². The van der Waals surface area contributed by atoms with Crippen LogP contribution in [0.1, 0.15) is 36.8 Å². The Balaban J connectivity index is 1.77. The van der Waals surface area contributed by atoms with Gasteiger partial charge in [0.1, 0.15) is 5.76 Å². The second kappa shape index (κ2) is 6.30. The maximum atomic E-state index is 11.9. The van der Waals surface area contributed by atoms with Crippen molar-refractivity contribution in [1.29, 1.82) is 0 Å². The Labute approximate surface area is 122 Å². The molecular weight excluding hydrogens is 278 g/mol. The van der Waals surface area contributed by atoms with Crippen molar-refractivity contribution in [3.8, 4) is 0 Å². The lowest BCUT2D eigenvalue weighted by Crippen LogP contribution is -2.43. The van der Waals surface area contributed by atoms with Gasteiger partial charge in [-0.15, -0.1) is 11.8 Å². The maximum absolute atomic E-state index is 11.9. The Morgan fingerprint density at radius 3 is 2.70 bits per heavy atom. The summed E-state index contributed by atoms with van der Waals surface area (Å²) in [5.41, 5.74) is 1.85. The molecule has 0 aromatic carbocycles. The monoisotopic (exact) mass is 297 g/mol. The van der Waals surface area contributed by atoms with Crippen molar-refractivity contribution in [2.75, 3.05) is 0 Å². The predicted octanol–water partition coefficient (Wildman–Crippen LogP) is 1.90. The minimum atomic E-state index is -0.401. The standard InChI is InChI=1S/C13H19N3O3S/c1-7-11(8(2)19-16-7)6-20-9(3)12(17)15-13(18)14-10-4-5-10/h9-10H,4-6H2,1-3H3,(H2,14,15,17,18). The number of carbonyl (C=O) groups is 2. The molecule has 1 fully saturated rings. The molecule has 2 rings (SSSR count). The lowest BCUT2D eigenvalue weighted by Gasteiger charge is -2.11. The van der Waals surface area contributed by atoms with Crippen LogP contribution < -0.4 is 10.6 Å². The van der Waals surface area contributed by atoms with E-state index in [1.54, 1.807) is 6.92 Å². The van der Waals surface area contributed by atoms with Crippen LogP contribution in [0.3, 0.4) is 0 Å². The largest absolute Gasteiger partial charge is 0.361 e. The van der Waals surface area contributed by atoms with Crippen LogP contribution >= 0.6 is 11.8 Å². The zero-order valence-corrected chi connectivity index (χ0v) is 12.7.